The van der Waals surface area contributed by atoms with Gasteiger partial charge in [-0.25, -0.2) is 14.6 Å². The highest BCUT2D eigenvalue weighted by atomic mass is 35.5. The molecule has 3 aromatic rings. The van der Waals surface area contributed by atoms with E-state index in [0.717, 1.165) is 28.6 Å². The molecule has 0 atom stereocenters. The summed E-state index contributed by atoms with van der Waals surface area (Å²) in [6.07, 6.45) is 1.73. The van der Waals surface area contributed by atoms with E-state index in [-0.39, 0.29) is 17.0 Å². The fraction of sp³-hybridized carbons (Fsp3) is 0.120. The quantitative estimate of drug-likeness (QED) is 0.399. The molecule has 1 aromatic heterocycles. The average molecular weight is 510 g/mol. The molecule has 0 spiro atoms. The number of carbonyl (C=O) groups is 3. The first-order valence-electron chi connectivity index (χ1n) is 10.4. The van der Waals surface area contributed by atoms with Crippen LogP contribution in [0.25, 0.3) is 11.8 Å². The summed E-state index contributed by atoms with van der Waals surface area (Å²) in [5.74, 6) is -2.74. The molecule has 1 amide bonds. The number of amides is 1. The minimum atomic E-state index is -1.22. The van der Waals surface area contributed by atoms with Gasteiger partial charge in [0.05, 0.1) is 21.7 Å². The lowest BCUT2D eigenvalue weighted by molar-refractivity contribution is -0.115. The number of nitrogens with zero attached hydrogens (tertiary/aromatic N) is 2. The molecule has 0 aliphatic carbocycles. The van der Waals surface area contributed by atoms with E-state index >= 15 is 0 Å². The molecule has 4 rings (SSSR count). The monoisotopic (exact) mass is 509 g/mol. The number of carboxylic acids is 2. The van der Waals surface area contributed by atoms with Gasteiger partial charge in [0, 0.05) is 22.1 Å². The summed E-state index contributed by atoms with van der Waals surface area (Å²) in [5.41, 5.74) is 3.93. The number of carboxylic acid groups (broad SMARTS) is 2. The van der Waals surface area contributed by atoms with E-state index < -0.39 is 11.9 Å². The maximum absolute atomic E-state index is 12.6. The summed E-state index contributed by atoms with van der Waals surface area (Å²) in [6, 6.07) is 11.1. The highest BCUT2D eigenvalue weighted by Crippen LogP contribution is 2.32. The van der Waals surface area contributed by atoms with Crippen LogP contribution in [-0.4, -0.2) is 37.8 Å². The number of aryl methyl sites for hydroxylation is 2. The highest BCUT2D eigenvalue weighted by Gasteiger charge is 2.25. The van der Waals surface area contributed by atoms with Gasteiger partial charge in [-0.2, -0.15) is 0 Å². The summed E-state index contributed by atoms with van der Waals surface area (Å²) < 4.78 is 1.76. The zero-order valence-corrected chi connectivity index (χ0v) is 20.5. The molecule has 1 fully saturated rings. The minimum Gasteiger partial charge on any atom is -0.478 e. The van der Waals surface area contributed by atoms with Crippen LogP contribution in [0.15, 0.2) is 52.4 Å². The molecule has 0 saturated carbocycles. The fourth-order valence-electron chi connectivity index (χ4n) is 3.75. The third kappa shape index (κ3) is 5.01. The molecule has 1 aliphatic rings. The third-order valence-electron chi connectivity index (χ3n) is 5.47. The van der Waals surface area contributed by atoms with Gasteiger partial charge in [0.25, 0.3) is 5.91 Å². The Balaban J connectivity index is 1.71. The standard InChI is InChI=1S/C25H20ClN3O5S/c1-12-4-5-18(26)11-20(12)27-25-28-22(30)21(35-25)10-15-6-13(2)29(14(15)3)19-8-16(23(31)32)7-17(9-19)24(33)34/h4-11H,1-3H3,(H,31,32)(H,33,34)(H,27,28,30)/b21-10-. The van der Waals surface area contributed by atoms with Crippen LogP contribution in [0.4, 0.5) is 5.69 Å². The molecule has 35 heavy (non-hydrogen) atoms. The number of aliphatic imine (C=N–C) groups is 1. The second kappa shape index (κ2) is 9.44. The average Bonchev–Trinajstić information content (AvgIpc) is 3.28. The molecule has 0 radical (unpaired) electrons. The normalized spacial score (nSPS) is 15.6. The van der Waals surface area contributed by atoms with E-state index in [2.05, 4.69) is 10.3 Å². The van der Waals surface area contributed by atoms with Gasteiger partial charge in [-0.1, -0.05) is 17.7 Å². The Kier molecular flexibility index (Phi) is 6.56. The molecule has 1 saturated heterocycles. The molecule has 8 nitrogen and oxygen atoms in total. The minimum absolute atomic E-state index is 0.129. The van der Waals surface area contributed by atoms with Crippen LogP contribution in [0.5, 0.6) is 0 Å². The van der Waals surface area contributed by atoms with Crippen LogP contribution in [0.3, 0.4) is 0 Å². The fourth-order valence-corrected chi connectivity index (χ4v) is 4.74. The molecule has 10 heteroatoms. The van der Waals surface area contributed by atoms with Crippen molar-refractivity contribution in [1.82, 2.24) is 9.88 Å². The first-order chi connectivity index (χ1) is 16.5. The number of aromatic nitrogens is 1. The van der Waals surface area contributed by atoms with E-state index in [1.54, 1.807) is 22.8 Å². The van der Waals surface area contributed by atoms with Gasteiger partial charge in [-0.15, -0.1) is 0 Å². The molecule has 3 N–H and O–H groups in total. The van der Waals surface area contributed by atoms with Crippen molar-refractivity contribution in [2.75, 3.05) is 0 Å². The Bertz CT molecular complexity index is 1440. The van der Waals surface area contributed by atoms with E-state index in [0.29, 0.717) is 26.5 Å². The maximum Gasteiger partial charge on any atom is 0.335 e. The largest absolute Gasteiger partial charge is 0.478 e. The van der Waals surface area contributed by atoms with Gasteiger partial charge in [-0.3, -0.25) is 4.79 Å². The number of halogens is 1. The Hall–Kier alpha value is -3.82. The molecule has 0 bridgehead atoms. The van der Waals surface area contributed by atoms with Gasteiger partial charge in [0.2, 0.25) is 0 Å². The van der Waals surface area contributed by atoms with Crippen molar-refractivity contribution in [2.24, 2.45) is 4.99 Å². The number of rotatable bonds is 5. The predicted molar refractivity (Wildman–Crippen MR) is 136 cm³/mol. The topological polar surface area (TPSA) is 121 Å². The Morgan fingerprint density at radius 3 is 2.31 bits per heavy atom. The smallest absolute Gasteiger partial charge is 0.335 e. The zero-order valence-electron chi connectivity index (χ0n) is 18.9. The summed E-state index contributed by atoms with van der Waals surface area (Å²) in [4.78, 5) is 40.6. The second-order valence-electron chi connectivity index (χ2n) is 7.95. The number of benzene rings is 2. The van der Waals surface area contributed by atoms with Crippen LogP contribution in [0.2, 0.25) is 5.02 Å². The van der Waals surface area contributed by atoms with E-state index in [1.807, 2.05) is 32.9 Å². The van der Waals surface area contributed by atoms with Gasteiger partial charge < -0.3 is 20.1 Å². The molecule has 2 heterocycles. The zero-order chi connectivity index (χ0) is 25.4. The van der Waals surface area contributed by atoms with Crippen LogP contribution in [0, 0.1) is 20.8 Å². The molecular formula is C25H20ClN3O5S. The Morgan fingerprint density at radius 2 is 1.69 bits per heavy atom. The summed E-state index contributed by atoms with van der Waals surface area (Å²) in [5, 5.41) is 22.6. The number of nitrogens with one attached hydrogen (secondary N) is 1. The van der Waals surface area contributed by atoms with Gasteiger partial charge in [0.1, 0.15) is 0 Å². The predicted octanol–water partition coefficient (Wildman–Crippen LogP) is 5.34. The van der Waals surface area contributed by atoms with Crippen molar-refractivity contribution in [3.63, 3.8) is 0 Å². The first-order valence-corrected chi connectivity index (χ1v) is 11.6. The van der Waals surface area contributed by atoms with Crippen LogP contribution in [-0.2, 0) is 4.79 Å². The summed E-state index contributed by atoms with van der Waals surface area (Å²) in [7, 11) is 0. The number of thioether (sulfide) groups is 1. The Labute approximate surface area is 209 Å². The Morgan fingerprint density at radius 1 is 1.03 bits per heavy atom. The lowest BCUT2D eigenvalue weighted by Gasteiger charge is -2.12. The molecule has 2 aromatic carbocycles. The lowest BCUT2D eigenvalue weighted by atomic mass is 10.1. The molecular weight excluding hydrogens is 490 g/mol. The second-order valence-corrected chi connectivity index (χ2v) is 9.42. The van der Waals surface area contributed by atoms with Gasteiger partial charge in [-0.05, 0) is 86.1 Å². The van der Waals surface area contributed by atoms with Crippen molar-refractivity contribution in [3.05, 3.63) is 86.0 Å². The highest BCUT2D eigenvalue weighted by molar-refractivity contribution is 8.18. The van der Waals surface area contributed by atoms with Gasteiger partial charge in [0.15, 0.2) is 5.17 Å². The summed E-state index contributed by atoms with van der Waals surface area (Å²) in [6.45, 7) is 5.53. The number of hydrogen-bond donors (Lipinski definition) is 3. The van der Waals surface area contributed by atoms with Crippen molar-refractivity contribution >= 4 is 58.1 Å². The van der Waals surface area contributed by atoms with E-state index in [1.165, 1.54) is 23.9 Å². The number of hydrogen-bond acceptors (Lipinski definition) is 5. The van der Waals surface area contributed by atoms with Crippen molar-refractivity contribution < 1.29 is 24.6 Å². The third-order valence-corrected chi connectivity index (χ3v) is 6.62. The first kappa shape index (κ1) is 24.3. The summed E-state index contributed by atoms with van der Waals surface area (Å²) >= 11 is 7.26. The van der Waals surface area contributed by atoms with Gasteiger partial charge >= 0.3 is 11.9 Å². The van der Waals surface area contributed by atoms with Crippen molar-refractivity contribution in [2.45, 2.75) is 20.8 Å². The number of aromatic carboxylic acids is 2. The van der Waals surface area contributed by atoms with Crippen LogP contribution in [0.1, 0.15) is 43.2 Å². The van der Waals surface area contributed by atoms with E-state index in [9.17, 15) is 24.6 Å². The van der Waals surface area contributed by atoms with Crippen molar-refractivity contribution in [1.29, 1.82) is 0 Å². The number of carbonyl (C=O) groups excluding carboxylic acids is 1. The van der Waals surface area contributed by atoms with Crippen molar-refractivity contribution in [3.8, 4) is 5.69 Å². The molecule has 1 aliphatic heterocycles. The van der Waals surface area contributed by atoms with Crippen LogP contribution >= 0.6 is 23.4 Å². The van der Waals surface area contributed by atoms with E-state index in [4.69, 9.17) is 11.6 Å². The lowest BCUT2D eigenvalue weighted by Crippen LogP contribution is -2.19. The molecule has 0 unspecified atom stereocenters. The SMILES string of the molecule is Cc1ccc(Cl)cc1N=C1NC(=O)/C(=C/c2cc(C)n(-c3cc(C(=O)O)cc(C(=O)O)c3)c2C)S1. The van der Waals surface area contributed by atoms with Crippen LogP contribution < -0.4 is 5.32 Å². The number of amidine groups is 1. The maximum atomic E-state index is 12.6. The molecule has 178 valence electrons.